The monoisotopic (exact) mass is 248 g/mol. The van der Waals surface area contributed by atoms with Crippen LogP contribution in [0.25, 0.3) is 0 Å². The Morgan fingerprint density at radius 3 is 2.94 bits per heavy atom. The summed E-state index contributed by atoms with van der Waals surface area (Å²) in [7, 11) is 3.32. The third kappa shape index (κ3) is 2.22. The standard InChI is InChI=1S/C12H16N4O2/c1-16-11(9(7-13)8-14-16)15-10(17)6-12(18-2)4-3-5-12/h8H,3-6H2,1-2H3,(H,15,17). The Balaban J connectivity index is 2.03. The zero-order valence-electron chi connectivity index (χ0n) is 10.6. The number of carbonyl (C=O) groups is 1. The maximum absolute atomic E-state index is 12.0. The maximum Gasteiger partial charge on any atom is 0.228 e. The minimum Gasteiger partial charge on any atom is -0.378 e. The molecule has 0 bridgehead atoms. The van der Waals surface area contributed by atoms with Crippen molar-refractivity contribution >= 4 is 11.7 Å². The lowest BCUT2D eigenvalue weighted by atomic mass is 9.77. The predicted octanol–water partition coefficient (Wildman–Crippen LogP) is 1.19. The minimum atomic E-state index is -0.310. The number of nitrogens with one attached hydrogen (secondary N) is 1. The first-order valence-electron chi connectivity index (χ1n) is 5.87. The molecule has 2 rings (SSSR count). The van der Waals surface area contributed by atoms with E-state index >= 15 is 0 Å². The Kier molecular flexibility index (Phi) is 3.34. The second kappa shape index (κ2) is 4.78. The van der Waals surface area contributed by atoms with Crippen LogP contribution >= 0.6 is 0 Å². The van der Waals surface area contributed by atoms with Crippen LogP contribution in [-0.4, -0.2) is 28.4 Å². The van der Waals surface area contributed by atoms with Crippen LogP contribution in [0.3, 0.4) is 0 Å². The van der Waals surface area contributed by atoms with E-state index in [1.165, 1.54) is 10.9 Å². The first-order valence-corrected chi connectivity index (χ1v) is 5.87. The third-order valence-electron chi connectivity index (χ3n) is 3.50. The van der Waals surface area contributed by atoms with Gasteiger partial charge in [0.15, 0.2) is 0 Å². The smallest absolute Gasteiger partial charge is 0.228 e. The number of nitrogens with zero attached hydrogens (tertiary/aromatic N) is 3. The van der Waals surface area contributed by atoms with Gasteiger partial charge in [0.25, 0.3) is 0 Å². The zero-order chi connectivity index (χ0) is 13.2. The molecule has 1 heterocycles. The Morgan fingerprint density at radius 2 is 2.44 bits per heavy atom. The van der Waals surface area contributed by atoms with Gasteiger partial charge < -0.3 is 10.1 Å². The topological polar surface area (TPSA) is 79.9 Å². The fraction of sp³-hybridized carbons (Fsp3) is 0.583. The molecular formula is C12H16N4O2. The van der Waals surface area contributed by atoms with E-state index in [1.54, 1.807) is 14.2 Å². The highest BCUT2D eigenvalue weighted by atomic mass is 16.5. The highest BCUT2D eigenvalue weighted by Gasteiger charge is 2.39. The van der Waals surface area contributed by atoms with E-state index in [9.17, 15) is 4.79 Å². The van der Waals surface area contributed by atoms with Crippen LogP contribution in [0.4, 0.5) is 5.82 Å². The molecule has 0 radical (unpaired) electrons. The van der Waals surface area contributed by atoms with Gasteiger partial charge in [0, 0.05) is 14.2 Å². The molecule has 1 amide bonds. The molecule has 96 valence electrons. The van der Waals surface area contributed by atoms with Crippen molar-refractivity contribution in [1.29, 1.82) is 5.26 Å². The molecule has 1 aromatic heterocycles. The number of hydrogen-bond donors (Lipinski definition) is 1. The van der Waals surface area contributed by atoms with Crippen molar-refractivity contribution in [3.05, 3.63) is 11.8 Å². The molecule has 1 aliphatic rings. The molecule has 1 aliphatic carbocycles. The Bertz CT molecular complexity index is 491. The highest BCUT2D eigenvalue weighted by Crippen LogP contribution is 2.38. The van der Waals surface area contributed by atoms with Gasteiger partial charge in [0.2, 0.25) is 5.91 Å². The average Bonchev–Trinajstić information content (AvgIpc) is 2.65. The van der Waals surface area contributed by atoms with Crippen LogP contribution in [0, 0.1) is 11.3 Å². The number of ether oxygens (including phenoxy) is 1. The summed E-state index contributed by atoms with van der Waals surface area (Å²) in [5.41, 5.74) is 0.0566. The molecule has 6 heteroatoms. The summed E-state index contributed by atoms with van der Waals surface area (Å²) in [4.78, 5) is 12.0. The molecule has 18 heavy (non-hydrogen) atoms. The van der Waals surface area contributed by atoms with Crippen LogP contribution in [0.15, 0.2) is 6.20 Å². The maximum atomic E-state index is 12.0. The van der Waals surface area contributed by atoms with E-state index < -0.39 is 0 Å². The molecule has 0 unspecified atom stereocenters. The lowest BCUT2D eigenvalue weighted by Gasteiger charge is -2.39. The molecular weight excluding hydrogens is 232 g/mol. The summed E-state index contributed by atoms with van der Waals surface area (Å²) >= 11 is 0. The Hall–Kier alpha value is -1.87. The molecule has 1 saturated carbocycles. The van der Waals surface area contributed by atoms with Crippen LogP contribution in [-0.2, 0) is 16.6 Å². The zero-order valence-corrected chi connectivity index (χ0v) is 10.6. The first-order chi connectivity index (χ1) is 8.60. The fourth-order valence-electron chi connectivity index (χ4n) is 2.16. The van der Waals surface area contributed by atoms with Crippen molar-refractivity contribution < 1.29 is 9.53 Å². The minimum absolute atomic E-state index is 0.142. The lowest BCUT2D eigenvalue weighted by molar-refractivity contribution is -0.129. The van der Waals surface area contributed by atoms with E-state index in [0.717, 1.165) is 19.3 Å². The quantitative estimate of drug-likeness (QED) is 0.867. The first kappa shape index (κ1) is 12.6. The van der Waals surface area contributed by atoms with E-state index in [4.69, 9.17) is 10.00 Å². The van der Waals surface area contributed by atoms with Crippen LogP contribution in [0.2, 0.25) is 0 Å². The van der Waals surface area contributed by atoms with E-state index in [0.29, 0.717) is 17.8 Å². The van der Waals surface area contributed by atoms with Gasteiger partial charge in [-0.3, -0.25) is 9.48 Å². The molecule has 1 aromatic rings. The Morgan fingerprint density at radius 1 is 1.72 bits per heavy atom. The number of hydrogen-bond acceptors (Lipinski definition) is 4. The fourth-order valence-corrected chi connectivity index (χ4v) is 2.16. The van der Waals surface area contributed by atoms with E-state index in [1.807, 2.05) is 6.07 Å². The number of anilines is 1. The van der Waals surface area contributed by atoms with Gasteiger partial charge in [-0.1, -0.05) is 0 Å². The van der Waals surface area contributed by atoms with Gasteiger partial charge in [-0.2, -0.15) is 10.4 Å². The number of carbonyl (C=O) groups excluding carboxylic acids is 1. The van der Waals surface area contributed by atoms with Crippen molar-refractivity contribution in [2.24, 2.45) is 7.05 Å². The van der Waals surface area contributed by atoms with Crippen molar-refractivity contribution in [1.82, 2.24) is 9.78 Å². The number of methoxy groups -OCH3 is 1. The van der Waals surface area contributed by atoms with Gasteiger partial charge in [0.1, 0.15) is 17.5 Å². The average molecular weight is 248 g/mol. The summed E-state index contributed by atoms with van der Waals surface area (Å²) in [6.07, 6.45) is 4.67. The predicted molar refractivity (Wildman–Crippen MR) is 64.8 cm³/mol. The summed E-state index contributed by atoms with van der Waals surface area (Å²) in [6, 6.07) is 2.00. The van der Waals surface area contributed by atoms with Gasteiger partial charge in [-0.05, 0) is 19.3 Å². The molecule has 0 aromatic carbocycles. The number of aryl methyl sites for hydroxylation is 1. The van der Waals surface area contributed by atoms with E-state index in [-0.39, 0.29) is 11.5 Å². The SMILES string of the molecule is COC1(CC(=O)Nc2c(C#N)cnn2C)CCC1. The van der Waals surface area contributed by atoms with Crippen molar-refractivity contribution in [2.75, 3.05) is 12.4 Å². The lowest BCUT2D eigenvalue weighted by Crippen LogP contribution is -2.42. The molecule has 0 atom stereocenters. The van der Waals surface area contributed by atoms with Gasteiger partial charge >= 0.3 is 0 Å². The van der Waals surface area contributed by atoms with Gasteiger partial charge in [0.05, 0.1) is 18.2 Å². The number of aromatic nitrogens is 2. The number of nitriles is 1. The van der Waals surface area contributed by atoms with Crippen molar-refractivity contribution in [2.45, 2.75) is 31.3 Å². The third-order valence-corrected chi connectivity index (χ3v) is 3.50. The van der Waals surface area contributed by atoms with Crippen LogP contribution in [0.5, 0.6) is 0 Å². The molecule has 6 nitrogen and oxygen atoms in total. The second-order valence-corrected chi connectivity index (χ2v) is 4.61. The van der Waals surface area contributed by atoms with Gasteiger partial charge in [-0.15, -0.1) is 0 Å². The molecule has 0 aliphatic heterocycles. The largest absolute Gasteiger partial charge is 0.378 e. The molecule has 1 N–H and O–H groups in total. The summed E-state index contributed by atoms with van der Waals surface area (Å²) < 4.78 is 6.88. The highest BCUT2D eigenvalue weighted by molar-refractivity contribution is 5.91. The summed E-state index contributed by atoms with van der Waals surface area (Å²) in [5.74, 6) is 0.296. The molecule has 0 spiro atoms. The summed E-state index contributed by atoms with van der Waals surface area (Å²) in [5, 5.41) is 15.6. The van der Waals surface area contributed by atoms with Crippen LogP contribution in [0.1, 0.15) is 31.2 Å². The normalized spacial score (nSPS) is 16.7. The Labute approximate surface area is 106 Å². The van der Waals surface area contributed by atoms with Crippen LogP contribution < -0.4 is 5.32 Å². The van der Waals surface area contributed by atoms with Gasteiger partial charge in [-0.25, -0.2) is 0 Å². The second-order valence-electron chi connectivity index (χ2n) is 4.61. The molecule has 0 saturated heterocycles. The number of amides is 1. The number of rotatable bonds is 4. The van der Waals surface area contributed by atoms with Crippen molar-refractivity contribution in [3.63, 3.8) is 0 Å². The molecule has 1 fully saturated rings. The van der Waals surface area contributed by atoms with Crippen molar-refractivity contribution in [3.8, 4) is 6.07 Å². The van der Waals surface area contributed by atoms with E-state index in [2.05, 4.69) is 10.4 Å². The summed E-state index contributed by atoms with van der Waals surface area (Å²) in [6.45, 7) is 0.